The zero-order chi connectivity index (χ0) is 24.2. The van der Waals surface area contributed by atoms with E-state index in [9.17, 15) is 4.79 Å². The second-order valence-corrected chi connectivity index (χ2v) is 8.96. The molecule has 6 aromatic rings. The van der Waals surface area contributed by atoms with E-state index < -0.39 is 0 Å². The van der Waals surface area contributed by atoms with Gasteiger partial charge >= 0.3 is 0 Å². The fourth-order valence-electron chi connectivity index (χ4n) is 4.26. The number of imidazole rings is 2. The Balaban J connectivity index is 1.28. The van der Waals surface area contributed by atoms with Crippen LogP contribution in [0.1, 0.15) is 18.5 Å². The van der Waals surface area contributed by atoms with E-state index in [4.69, 9.17) is 4.98 Å². The van der Waals surface area contributed by atoms with E-state index in [0.717, 1.165) is 51.8 Å². The first-order valence-corrected chi connectivity index (χ1v) is 11.6. The molecule has 1 saturated carbocycles. The van der Waals surface area contributed by atoms with Gasteiger partial charge in [0.25, 0.3) is 0 Å². The van der Waals surface area contributed by atoms with Crippen LogP contribution in [0.15, 0.2) is 55.5 Å². The summed E-state index contributed by atoms with van der Waals surface area (Å²) in [6.45, 7) is 1.93. The number of pyridine rings is 3. The van der Waals surface area contributed by atoms with E-state index in [2.05, 4.69) is 40.4 Å². The van der Waals surface area contributed by atoms with Gasteiger partial charge in [0.2, 0.25) is 5.91 Å². The first kappa shape index (κ1) is 20.4. The lowest BCUT2D eigenvalue weighted by molar-refractivity contribution is -0.117. The number of nitrogens with one attached hydrogen (secondary N) is 3. The Kier molecular flexibility index (Phi) is 4.43. The van der Waals surface area contributed by atoms with Crippen LogP contribution >= 0.6 is 0 Å². The van der Waals surface area contributed by atoms with Gasteiger partial charge in [0.15, 0.2) is 17.3 Å². The van der Waals surface area contributed by atoms with E-state index in [1.807, 2.05) is 35.9 Å². The lowest BCUT2D eigenvalue weighted by Crippen LogP contribution is -2.13. The van der Waals surface area contributed by atoms with Crippen molar-refractivity contribution in [1.29, 1.82) is 0 Å². The topological polar surface area (TPSA) is 143 Å². The van der Waals surface area contributed by atoms with Crippen molar-refractivity contribution in [2.75, 3.05) is 5.32 Å². The highest BCUT2D eigenvalue weighted by atomic mass is 16.2. The summed E-state index contributed by atoms with van der Waals surface area (Å²) in [5.41, 5.74) is 6.12. The number of rotatable bonds is 5. The summed E-state index contributed by atoms with van der Waals surface area (Å²) >= 11 is 0. The Morgan fingerprint density at radius 2 is 2.00 bits per heavy atom. The van der Waals surface area contributed by atoms with Crippen LogP contribution in [0.3, 0.4) is 0 Å². The maximum atomic E-state index is 12.2. The van der Waals surface area contributed by atoms with Gasteiger partial charge in [-0.25, -0.2) is 19.9 Å². The third-order valence-electron chi connectivity index (χ3n) is 6.27. The Labute approximate surface area is 204 Å². The van der Waals surface area contributed by atoms with E-state index in [1.54, 1.807) is 31.1 Å². The molecule has 1 amide bonds. The Hall–Kier alpha value is -4.93. The molecule has 11 nitrogen and oxygen atoms in total. The van der Waals surface area contributed by atoms with Crippen LogP contribution in [0.4, 0.5) is 5.69 Å². The summed E-state index contributed by atoms with van der Waals surface area (Å²) in [6, 6.07) is 5.78. The van der Waals surface area contributed by atoms with E-state index in [1.165, 1.54) is 0 Å². The van der Waals surface area contributed by atoms with Gasteiger partial charge in [-0.2, -0.15) is 5.10 Å². The molecule has 0 bridgehead atoms. The first-order valence-electron chi connectivity index (χ1n) is 11.6. The monoisotopic (exact) mass is 476 g/mol. The lowest BCUT2D eigenvalue weighted by atomic mass is 10.1. The van der Waals surface area contributed by atoms with Crippen LogP contribution in [0.5, 0.6) is 0 Å². The van der Waals surface area contributed by atoms with Crippen molar-refractivity contribution in [1.82, 2.24) is 44.7 Å². The minimum atomic E-state index is 0.0456. The van der Waals surface area contributed by atoms with Gasteiger partial charge < -0.3 is 10.3 Å². The zero-order valence-electron chi connectivity index (χ0n) is 19.2. The van der Waals surface area contributed by atoms with Crippen LogP contribution < -0.4 is 5.32 Å². The Morgan fingerprint density at radius 1 is 1.11 bits per heavy atom. The fourth-order valence-corrected chi connectivity index (χ4v) is 4.26. The SMILES string of the molecule is Cc1cn(-c2nccc3[nH]c(-c4[nH]nc5ncc(-c6cncc(NC(=O)C7CC7)c6)cc45)nc23)cn1. The molecular weight excluding hydrogens is 456 g/mol. The smallest absolute Gasteiger partial charge is 0.227 e. The van der Waals surface area contributed by atoms with Crippen molar-refractivity contribution in [3.63, 3.8) is 0 Å². The number of nitrogens with zero attached hydrogens (tertiary/aromatic N) is 7. The molecule has 6 heterocycles. The summed E-state index contributed by atoms with van der Waals surface area (Å²) in [6.07, 6.45) is 12.4. The van der Waals surface area contributed by atoms with Crippen molar-refractivity contribution in [2.24, 2.45) is 5.92 Å². The second-order valence-electron chi connectivity index (χ2n) is 8.96. The lowest BCUT2D eigenvalue weighted by Gasteiger charge is -2.06. The van der Waals surface area contributed by atoms with Crippen LogP contribution in [0.2, 0.25) is 0 Å². The van der Waals surface area contributed by atoms with Crippen LogP contribution in [0, 0.1) is 12.8 Å². The number of H-pyrrole nitrogens is 2. The minimum Gasteiger partial charge on any atom is -0.336 e. The standard InChI is InChI=1S/C25H20N10O/c1-13-11-35(12-29-13)24-21-19(4-5-27-24)31-23(32-21)20-18-7-16(9-28-22(18)34-33-20)15-6-17(10-26-8-15)30-25(36)14-2-3-14/h4-12,14H,2-3H2,1H3,(H,30,36)(H,31,32)(H,28,33,34). The molecule has 0 atom stereocenters. The van der Waals surface area contributed by atoms with Gasteiger partial charge in [0.1, 0.15) is 17.5 Å². The van der Waals surface area contributed by atoms with Crippen LogP contribution in [-0.4, -0.2) is 50.6 Å². The molecule has 1 aliphatic carbocycles. The number of hydrogen-bond acceptors (Lipinski definition) is 7. The number of fused-ring (bicyclic) bond motifs is 2. The van der Waals surface area contributed by atoms with Crippen molar-refractivity contribution in [2.45, 2.75) is 19.8 Å². The highest BCUT2D eigenvalue weighted by molar-refractivity contribution is 5.96. The third-order valence-corrected chi connectivity index (χ3v) is 6.27. The van der Waals surface area contributed by atoms with Crippen molar-refractivity contribution >= 4 is 33.7 Å². The number of hydrogen-bond donors (Lipinski definition) is 3. The molecule has 1 fully saturated rings. The average Bonchev–Trinajstić information content (AvgIpc) is 3.30. The predicted molar refractivity (Wildman–Crippen MR) is 133 cm³/mol. The summed E-state index contributed by atoms with van der Waals surface area (Å²) in [7, 11) is 0. The molecule has 0 aromatic carbocycles. The van der Waals surface area contributed by atoms with E-state index in [-0.39, 0.29) is 11.8 Å². The molecular formula is C25H20N10O. The molecule has 0 radical (unpaired) electrons. The highest BCUT2D eigenvalue weighted by Crippen LogP contribution is 2.32. The van der Waals surface area contributed by atoms with Gasteiger partial charge in [-0.05, 0) is 38.0 Å². The molecule has 36 heavy (non-hydrogen) atoms. The highest BCUT2D eigenvalue weighted by Gasteiger charge is 2.29. The fraction of sp³-hybridized carbons (Fsp3) is 0.160. The van der Waals surface area contributed by atoms with Gasteiger partial charge in [-0.1, -0.05) is 0 Å². The predicted octanol–water partition coefficient (Wildman–Crippen LogP) is 3.80. The average molecular weight is 477 g/mol. The van der Waals surface area contributed by atoms with E-state index in [0.29, 0.717) is 23.0 Å². The van der Waals surface area contributed by atoms with Crippen molar-refractivity contribution in [3.8, 4) is 28.5 Å². The zero-order valence-corrected chi connectivity index (χ0v) is 19.2. The molecule has 176 valence electrons. The number of carbonyl (C=O) groups is 1. The summed E-state index contributed by atoms with van der Waals surface area (Å²) in [4.78, 5) is 38.0. The molecule has 0 spiro atoms. The molecule has 0 saturated heterocycles. The van der Waals surface area contributed by atoms with Gasteiger partial charge in [0.05, 0.1) is 28.5 Å². The minimum absolute atomic E-state index is 0.0456. The molecule has 11 heteroatoms. The second kappa shape index (κ2) is 7.80. The van der Waals surface area contributed by atoms with Crippen LogP contribution in [-0.2, 0) is 4.79 Å². The molecule has 1 aliphatic rings. The van der Waals surface area contributed by atoms with Gasteiger partial charge in [-0.15, -0.1) is 0 Å². The number of carbonyl (C=O) groups excluding carboxylic acids is 1. The molecule has 0 unspecified atom stereocenters. The number of aromatic nitrogens is 9. The largest absolute Gasteiger partial charge is 0.336 e. The number of aryl methyl sites for hydroxylation is 1. The first-order chi connectivity index (χ1) is 17.6. The number of anilines is 1. The van der Waals surface area contributed by atoms with Crippen molar-refractivity contribution < 1.29 is 4.79 Å². The third kappa shape index (κ3) is 3.49. The van der Waals surface area contributed by atoms with Crippen LogP contribution in [0.25, 0.3) is 50.5 Å². The Morgan fingerprint density at radius 3 is 2.83 bits per heavy atom. The summed E-state index contributed by atoms with van der Waals surface area (Å²) < 4.78 is 1.86. The number of aromatic amines is 2. The number of amides is 1. The molecule has 7 rings (SSSR count). The molecule has 0 aliphatic heterocycles. The maximum absolute atomic E-state index is 12.2. The normalized spacial score (nSPS) is 13.5. The molecule has 6 aromatic heterocycles. The maximum Gasteiger partial charge on any atom is 0.227 e. The van der Waals surface area contributed by atoms with Crippen molar-refractivity contribution in [3.05, 3.63) is 61.2 Å². The quantitative estimate of drug-likeness (QED) is 0.343. The Bertz CT molecular complexity index is 1770. The van der Waals surface area contributed by atoms with Gasteiger partial charge in [-0.3, -0.25) is 19.4 Å². The summed E-state index contributed by atoms with van der Waals surface area (Å²) in [5.74, 6) is 1.48. The molecule has 3 N–H and O–H groups in total. The summed E-state index contributed by atoms with van der Waals surface area (Å²) in [5, 5.41) is 11.2. The van der Waals surface area contributed by atoms with E-state index >= 15 is 0 Å². The van der Waals surface area contributed by atoms with Gasteiger partial charge in [0, 0.05) is 41.8 Å².